The highest BCUT2D eigenvalue weighted by molar-refractivity contribution is 6.28. The molecule has 12 heavy (non-hydrogen) atoms. The lowest BCUT2D eigenvalue weighted by atomic mass is 10.1. The smallest absolute Gasteiger partial charge is 0.242 e. The van der Waals surface area contributed by atoms with Crippen molar-refractivity contribution in [2.75, 3.05) is 0 Å². The van der Waals surface area contributed by atoms with Crippen LogP contribution in [-0.4, -0.2) is 14.8 Å². The second kappa shape index (κ2) is 3.41. The van der Waals surface area contributed by atoms with Crippen LogP contribution >= 0.6 is 11.6 Å². The molecule has 0 aliphatic carbocycles. The molecule has 0 radical (unpaired) electrons. The number of rotatable bonds is 2. The van der Waals surface area contributed by atoms with E-state index in [1.807, 2.05) is 13.8 Å². The van der Waals surface area contributed by atoms with Gasteiger partial charge in [0, 0.05) is 7.05 Å². The van der Waals surface area contributed by atoms with Gasteiger partial charge in [-0.25, -0.2) is 4.98 Å². The van der Waals surface area contributed by atoms with E-state index >= 15 is 0 Å². The third kappa shape index (κ3) is 1.76. The van der Waals surface area contributed by atoms with Crippen LogP contribution in [0.5, 0.6) is 0 Å². The molecule has 0 aromatic carbocycles. The molecule has 0 unspecified atom stereocenters. The van der Waals surface area contributed by atoms with Crippen LogP contribution in [0.4, 0.5) is 0 Å². The predicted molar refractivity (Wildman–Crippen MR) is 47.8 cm³/mol. The Morgan fingerprint density at radius 3 is 2.42 bits per heavy atom. The van der Waals surface area contributed by atoms with Gasteiger partial charge in [0.15, 0.2) is 0 Å². The summed E-state index contributed by atoms with van der Waals surface area (Å²) in [5, 5.41) is 4.16. The zero-order valence-corrected chi connectivity index (χ0v) is 8.21. The highest BCUT2D eigenvalue weighted by Crippen LogP contribution is 2.17. The molecule has 1 aromatic rings. The molecular formula is C7H13ClN4. The van der Waals surface area contributed by atoms with E-state index in [9.17, 15) is 0 Å². The molecule has 1 heterocycles. The van der Waals surface area contributed by atoms with Gasteiger partial charge < -0.3 is 5.73 Å². The van der Waals surface area contributed by atoms with Gasteiger partial charge in [-0.2, -0.15) is 0 Å². The number of halogens is 1. The van der Waals surface area contributed by atoms with Crippen molar-refractivity contribution < 1.29 is 0 Å². The molecule has 1 aromatic heterocycles. The highest BCUT2D eigenvalue weighted by Gasteiger charge is 2.16. The van der Waals surface area contributed by atoms with Gasteiger partial charge in [-0.3, -0.25) is 4.68 Å². The Kier molecular flexibility index (Phi) is 2.69. The Hall–Kier alpha value is -0.610. The van der Waals surface area contributed by atoms with Crippen LogP contribution in [0, 0.1) is 5.92 Å². The minimum absolute atomic E-state index is 0.102. The zero-order valence-electron chi connectivity index (χ0n) is 7.45. The number of nitrogens with zero attached hydrogens (tertiary/aromatic N) is 3. The number of hydrogen-bond donors (Lipinski definition) is 1. The molecule has 0 amide bonds. The van der Waals surface area contributed by atoms with Crippen molar-refractivity contribution in [1.29, 1.82) is 0 Å². The normalized spacial score (nSPS) is 13.8. The Morgan fingerprint density at radius 2 is 2.08 bits per heavy atom. The van der Waals surface area contributed by atoms with Gasteiger partial charge in [-0.15, -0.1) is 5.10 Å². The lowest BCUT2D eigenvalue weighted by Gasteiger charge is -2.13. The Balaban J connectivity index is 2.94. The third-order valence-corrected chi connectivity index (χ3v) is 1.95. The summed E-state index contributed by atoms with van der Waals surface area (Å²) in [6, 6.07) is -0.102. The van der Waals surface area contributed by atoms with E-state index in [2.05, 4.69) is 10.1 Å². The minimum Gasteiger partial charge on any atom is -0.321 e. The predicted octanol–water partition coefficient (Wildman–Crippen LogP) is 1.12. The average Bonchev–Trinajstić information content (AvgIpc) is 2.28. The summed E-state index contributed by atoms with van der Waals surface area (Å²) < 4.78 is 1.62. The second-order valence-corrected chi connectivity index (χ2v) is 3.47. The standard InChI is InChI=1S/C7H13ClN4/c1-4(2)5(9)6-10-7(8)11-12(6)3/h4-5H,9H2,1-3H3/t5-/m0/s1. The molecule has 0 fully saturated rings. The summed E-state index contributed by atoms with van der Waals surface area (Å²) >= 11 is 5.62. The first-order valence-corrected chi connectivity index (χ1v) is 4.22. The molecule has 1 rings (SSSR count). The monoisotopic (exact) mass is 188 g/mol. The van der Waals surface area contributed by atoms with Crippen LogP contribution < -0.4 is 5.73 Å². The number of aryl methyl sites for hydroxylation is 1. The van der Waals surface area contributed by atoms with Crippen molar-refractivity contribution in [3.63, 3.8) is 0 Å². The molecule has 68 valence electrons. The topological polar surface area (TPSA) is 56.7 Å². The Bertz CT molecular complexity index is 268. The van der Waals surface area contributed by atoms with Crippen LogP contribution in [0.3, 0.4) is 0 Å². The zero-order chi connectivity index (χ0) is 9.30. The van der Waals surface area contributed by atoms with Crippen molar-refractivity contribution in [2.45, 2.75) is 19.9 Å². The molecule has 0 saturated heterocycles. The van der Waals surface area contributed by atoms with Crippen molar-refractivity contribution >= 4 is 11.6 Å². The molecule has 1 atom stereocenters. The Labute approximate surface area is 76.7 Å². The Morgan fingerprint density at radius 1 is 1.50 bits per heavy atom. The van der Waals surface area contributed by atoms with E-state index in [1.165, 1.54) is 0 Å². The summed E-state index contributed by atoms with van der Waals surface area (Å²) in [5.74, 6) is 1.07. The lowest BCUT2D eigenvalue weighted by Crippen LogP contribution is -2.20. The van der Waals surface area contributed by atoms with E-state index in [4.69, 9.17) is 17.3 Å². The van der Waals surface area contributed by atoms with Crippen LogP contribution in [0.25, 0.3) is 0 Å². The van der Waals surface area contributed by atoms with Gasteiger partial charge >= 0.3 is 0 Å². The van der Waals surface area contributed by atoms with Gasteiger partial charge in [0.25, 0.3) is 0 Å². The highest BCUT2D eigenvalue weighted by atomic mass is 35.5. The van der Waals surface area contributed by atoms with Gasteiger partial charge in [0.1, 0.15) is 5.82 Å². The van der Waals surface area contributed by atoms with E-state index < -0.39 is 0 Å². The third-order valence-electron chi connectivity index (χ3n) is 1.79. The first-order chi connectivity index (χ1) is 5.52. The first kappa shape index (κ1) is 9.48. The van der Waals surface area contributed by atoms with Crippen molar-refractivity contribution in [2.24, 2.45) is 18.7 Å². The molecule has 0 aliphatic rings. The fraction of sp³-hybridized carbons (Fsp3) is 0.714. The first-order valence-electron chi connectivity index (χ1n) is 3.84. The quantitative estimate of drug-likeness (QED) is 0.757. The molecule has 4 nitrogen and oxygen atoms in total. The number of nitrogens with two attached hydrogens (primary N) is 1. The number of hydrogen-bond acceptors (Lipinski definition) is 3. The van der Waals surface area contributed by atoms with Crippen LogP contribution in [0.2, 0.25) is 5.28 Å². The van der Waals surface area contributed by atoms with E-state index in [-0.39, 0.29) is 11.3 Å². The fourth-order valence-corrected chi connectivity index (χ4v) is 1.15. The summed E-state index contributed by atoms with van der Waals surface area (Å²) in [6.45, 7) is 4.07. The molecule has 5 heteroatoms. The lowest BCUT2D eigenvalue weighted by molar-refractivity contribution is 0.469. The van der Waals surface area contributed by atoms with Crippen LogP contribution in [0.1, 0.15) is 25.7 Å². The molecule has 0 spiro atoms. The molecule has 0 bridgehead atoms. The average molecular weight is 189 g/mol. The maximum Gasteiger partial charge on any atom is 0.242 e. The molecule has 2 N–H and O–H groups in total. The van der Waals surface area contributed by atoms with Gasteiger partial charge in [-0.1, -0.05) is 13.8 Å². The summed E-state index contributed by atoms with van der Waals surface area (Å²) in [7, 11) is 1.79. The summed E-state index contributed by atoms with van der Waals surface area (Å²) in [5.41, 5.74) is 5.87. The van der Waals surface area contributed by atoms with Gasteiger partial charge in [-0.05, 0) is 17.5 Å². The van der Waals surface area contributed by atoms with Crippen molar-refractivity contribution in [3.05, 3.63) is 11.1 Å². The van der Waals surface area contributed by atoms with Gasteiger partial charge in [0.2, 0.25) is 5.28 Å². The molecular weight excluding hydrogens is 176 g/mol. The maximum atomic E-state index is 5.87. The molecule has 0 aliphatic heterocycles. The van der Waals surface area contributed by atoms with E-state index in [0.29, 0.717) is 5.92 Å². The fourth-order valence-electron chi connectivity index (χ4n) is 0.953. The maximum absolute atomic E-state index is 5.87. The van der Waals surface area contributed by atoms with E-state index in [0.717, 1.165) is 5.82 Å². The van der Waals surface area contributed by atoms with E-state index in [1.54, 1.807) is 11.7 Å². The number of aromatic nitrogens is 3. The minimum atomic E-state index is -0.102. The van der Waals surface area contributed by atoms with Crippen LogP contribution in [-0.2, 0) is 7.05 Å². The van der Waals surface area contributed by atoms with Gasteiger partial charge in [0.05, 0.1) is 6.04 Å². The SMILES string of the molecule is CC(C)[C@H](N)c1nc(Cl)nn1C. The van der Waals surface area contributed by atoms with Crippen molar-refractivity contribution in [1.82, 2.24) is 14.8 Å². The largest absolute Gasteiger partial charge is 0.321 e. The van der Waals surface area contributed by atoms with Crippen LogP contribution in [0.15, 0.2) is 0 Å². The summed E-state index contributed by atoms with van der Waals surface area (Å²) in [4.78, 5) is 4.02. The van der Waals surface area contributed by atoms with Crippen molar-refractivity contribution in [3.8, 4) is 0 Å². The second-order valence-electron chi connectivity index (χ2n) is 3.13. The summed E-state index contributed by atoms with van der Waals surface area (Å²) in [6.07, 6.45) is 0. The molecule has 0 saturated carbocycles.